The molecule has 114 valence electrons. The molecule has 1 aromatic heterocycles. The first-order valence-electron chi connectivity index (χ1n) is 5.31. The van der Waals surface area contributed by atoms with Crippen molar-refractivity contribution in [1.29, 1.82) is 0 Å². The normalized spacial score (nSPS) is 12.8. The molecular weight excluding hydrogens is 321 g/mol. The number of nitrogens with zero attached hydrogens (tertiary/aromatic N) is 2. The van der Waals surface area contributed by atoms with Crippen LogP contribution < -0.4 is 11.3 Å². The van der Waals surface area contributed by atoms with Crippen LogP contribution in [0.1, 0.15) is 6.92 Å². The molecule has 0 unspecified atom stereocenters. The second-order valence-electron chi connectivity index (χ2n) is 3.69. The van der Waals surface area contributed by atoms with Gasteiger partial charge in [0.05, 0.1) is 5.02 Å². The molecule has 0 amide bonds. The van der Waals surface area contributed by atoms with Crippen LogP contribution in [0.5, 0.6) is 0 Å². The number of halogens is 4. The molecule has 0 atom stereocenters. The van der Waals surface area contributed by atoms with E-state index in [4.69, 9.17) is 17.4 Å². The quantitative estimate of drug-likeness (QED) is 0.631. The van der Waals surface area contributed by atoms with Crippen LogP contribution in [0.15, 0.2) is 17.2 Å². The highest BCUT2D eigenvalue weighted by Gasteiger charge is 2.36. The highest BCUT2D eigenvalue weighted by atomic mass is 35.5. The number of alkyl halides is 3. The van der Waals surface area contributed by atoms with E-state index in [1.165, 1.54) is 6.92 Å². The second-order valence-corrected chi connectivity index (χ2v) is 6.04. The summed E-state index contributed by atoms with van der Waals surface area (Å²) in [6.07, 6.45) is -3.76. The lowest BCUT2D eigenvalue weighted by Gasteiger charge is -2.21. The number of rotatable bonds is 5. The lowest BCUT2D eigenvalue weighted by molar-refractivity contribution is -0.135. The Morgan fingerprint density at radius 2 is 2.10 bits per heavy atom. The first-order chi connectivity index (χ1) is 9.11. The molecule has 0 saturated carbocycles. The summed E-state index contributed by atoms with van der Waals surface area (Å²) >= 11 is 5.71. The molecule has 1 rings (SSSR count). The van der Waals surface area contributed by atoms with Crippen LogP contribution in [0.3, 0.4) is 0 Å². The largest absolute Gasteiger partial charge is 0.402 e. The van der Waals surface area contributed by atoms with E-state index in [1.54, 1.807) is 0 Å². The molecule has 6 nitrogen and oxygen atoms in total. The fourth-order valence-electron chi connectivity index (χ4n) is 1.38. The number of hydrogen-bond donors (Lipinski definition) is 2. The van der Waals surface area contributed by atoms with Crippen molar-refractivity contribution in [1.82, 2.24) is 9.29 Å². The SMILES string of the molecule is CCN(CC(F)(F)F)S(=O)(=O)c1cnc(NN)c(Cl)c1. The van der Waals surface area contributed by atoms with E-state index in [0.717, 1.165) is 12.3 Å². The number of hydrazine groups is 1. The number of nitrogens with two attached hydrogens (primary N) is 1. The van der Waals surface area contributed by atoms with Crippen LogP contribution in [-0.4, -0.2) is 37.0 Å². The molecule has 20 heavy (non-hydrogen) atoms. The van der Waals surface area contributed by atoms with E-state index >= 15 is 0 Å². The summed E-state index contributed by atoms with van der Waals surface area (Å²) in [6, 6.07) is 0.984. The van der Waals surface area contributed by atoms with Crippen molar-refractivity contribution in [3.8, 4) is 0 Å². The Hall–Kier alpha value is -1.10. The molecule has 0 spiro atoms. The summed E-state index contributed by atoms with van der Waals surface area (Å²) in [5.74, 6) is 5.09. The van der Waals surface area contributed by atoms with Crippen molar-refractivity contribution in [3.05, 3.63) is 17.3 Å². The maximum Gasteiger partial charge on any atom is 0.402 e. The molecule has 11 heteroatoms. The zero-order chi connectivity index (χ0) is 15.6. The van der Waals surface area contributed by atoms with E-state index in [0.29, 0.717) is 0 Å². The molecule has 0 saturated heterocycles. The zero-order valence-electron chi connectivity index (χ0n) is 10.3. The third-order valence-corrected chi connectivity index (χ3v) is 4.47. The van der Waals surface area contributed by atoms with Gasteiger partial charge in [0.1, 0.15) is 11.4 Å². The molecule has 1 heterocycles. The molecule has 3 N–H and O–H groups in total. The van der Waals surface area contributed by atoms with Crippen LogP contribution in [0.25, 0.3) is 0 Å². The summed E-state index contributed by atoms with van der Waals surface area (Å²) in [6.45, 7) is -0.620. The standard InChI is InChI=1S/C9H12ClF3N4O2S/c1-2-17(5-9(11,12)13)20(18,19)6-3-7(10)8(16-14)15-4-6/h3-4H,2,5,14H2,1H3,(H,15,16). The maximum atomic E-state index is 12.4. The monoisotopic (exact) mass is 332 g/mol. The Morgan fingerprint density at radius 3 is 2.50 bits per heavy atom. The van der Waals surface area contributed by atoms with E-state index in [1.807, 2.05) is 0 Å². The van der Waals surface area contributed by atoms with Crippen LogP contribution in [0.2, 0.25) is 5.02 Å². The van der Waals surface area contributed by atoms with Crippen molar-refractivity contribution in [2.45, 2.75) is 18.0 Å². The topological polar surface area (TPSA) is 88.3 Å². The predicted molar refractivity (Wildman–Crippen MR) is 67.5 cm³/mol. The minimum Gasteiger partial charge on any atom is -0.307 e. The summed E-state index contributed by atoms with van der Waals surface area (Å²) in [5.41, 5.74) is 2.12. The van der Waals surface area contributed by atoms with Crippen LogP contribution >= 0.6 is 11.6 Å². The third kappa shape index (κ3) is 3.95. The number of nitrogens with one attached hydrogen (secondary N) is 1. The Labute approximate surface area is 118 Å². The number of pyridine rings is 1. The molecule has 0 fully saturated rings. The molecule has 0 aliphatic carbocycles. The summed E-state index contributed by atoms with van der Waals surface area (Å²) in [5, 5.41) is -0.114. The average molecular weight is 333 g/mol. The van der Waals surface area contributed by atoms with Crippen LogP contribution in [0, 0.1) is 0 Å². The molecule has 0 aromatic carbocycles. The van der Waals surface area contributed by atoms with Gasteiger partial charge < -0.3 is 5.43 Å². The lowest BCUT2D eigenvalue weighted by atomic mass is 10.5. The van der Waals surface area contributed by atoms with Crippen molar-refractivity contribution >= 4 is 27.4 Å². The number of anilines is 1. The van der Waals surface area contributed by atoms with Crippen molar-refractivity contribution in [2.24, 2.45) is 5.84 Å². The van der Waals surface area contributed by atoms with Gasteiger partial charge in [-0.2, -0.15) is 17.5 Å². The first-order valence-corrected chi connectivity index (χ1v) is 7.12. The first kappa shape index (κ1) is 17.0. The predicted octanol–water partition coefficient (Wildman–Crippen LogP) is 1.59. The van der Waals surface area contributed by atoms with E-state index in [2.05, 4.69) is 10.4 Å². The maximum absolute atomic E-state index is 12.4. The highest BCUT2D eigenvalue weighted by molar-refractivity contribution is 7.89. The van der Waals surface area contributed by atoms with Crippen molar-refractivity contribution in [3.63, 3.8) is 0 Å². The molecule has 0 aliphatic rings. The Kier molecular flexibility index (Phi) is 5.19. The van der Waals surface area contributed by atoms with Gasteiger partial charge in [-0.1, -0.05) is 18.5 Å². The minimum atomic E-state index is -4.64. The fourth-order valence-corrected chi connectivity index (χ4v) is 3.08. The molecule has 0 aliphatic heterocycles. The molecule has 1 aromatic rings. The third-order valence-electron chi connectivity index (χ3n) is 2.30. The summed E-state index contributed by atoms with van der Waals surface area (Å²) in [7, 11) is -4.33. The molecular formula is C9H12ClF3N4O2S. The van der Waals surface area contributed by atoms with E-state index in [9.17, 15) is 21.6 Å². The Balaban J connectivity index is 3.17. The highest BCUT2D eigenvalue weighted by Crippen LogP contribution is 2.26. The van der Waals surface area contributed by atoms with E-state index < -0.39 is 27.6 Å². The Morgan fingerprint density at radius 1 is 1.50 bits per heavy atom. The summed E-state index contributed by atoms with van der Waals surface area (Å²) < 4.78 is 61.5. The Bertz CT molecular complexity index is 579. The minimum absolute atomic E-state index is 0.0180. The number of aromatic nitrogens is 1. The zero-order valence-corrected chi connectivity index (χ0v) is 11.8. The fraction of sp³-hybridized carbons (Fsp3) is 0.444. The number of sulfonamides is 1. The number of hydrogen-bond acceptors (Lipinski definition) is 5. The average Bonchev–Trinajstić information content (AvgIpc) is 2.34. The molecule has 0 radical (unpaired) electrons. The van der Waals surface area contributed by atoms with Gasteiger partial charge in [-0.05, 0) is 6.07 Å². The van der Waals surface area contributed by atoms with Gasteiger partial charge in [0, 0.05) is 12.7 Å². The van der Waals surface area contributed by atoms with Gasteiger partial charge in [0.25, 0.3) is 0 Å². The summed E-state index contributed by atoms with van der Waals surface area (Å²) in [4.78, 5) is 3.18. The van der Waals surface area contributed by atoms with E-state index in [-0.39, 0.29) is 21.7 Å². The second kappa shape index (κ2) is 6.12. The van der Waals surface area contributed by atoms with Gasteiger partial charge in [-0.3, -0.25) is 0 Å². The lowest BCUT2D eigenvalue weighted by Crippen LogP contribution is -2.38. The van der Waals surface area contributed by atoms with Crippen LogP contribution in [-0.2, 0) is 10.0 Å². The van der Waals surface area contributed by atoms with Crippen LogP contribution in [0.4, 0.5) is 19.0 Å². The molecule has 0 bridgehead atoms. The van der Waals surface area contributed by atoms with Gasteiger partial charge in [-0.25, -0.2) is 19.2 Å². The van der Waals surface area contributed by atoms with Crippen molar-refractivity contribution < 1.29 is 21.6 Å². The van der Waals surface area contributed by atoms with Gasteiger partial charge in [0.2, 0.25) is 10.0 Å². The van der Waals surface area contributed by atoms with Gasteiger partial charge in [-0.15, -0.1) is 0 Å². The number of nitrogen functional groups attached to an aromatic ring is 1. The smallest absolute Gasteiger partial charge is 0.307 e. The van der Waals surface area contributed by atoms with Gasteiger partial charge in [0.15, 0.2) is 5.82 Å². The van der Waals surface area contributed by atoms with Gasteiger partial charge >= 0.3 is 6.18 Å². The van der Waals surface area contributed by atoms with Crippen molar-refractivity contribution in [2.75, 3.05) is 18.5 Å².